The quantitative estimate of drug-likeness (QED) is 0.709. The highest BCUT2D eigenvalue weighted by Gasteiger charge is 2.37. The Bertz CT molecular complexity index is 573. The number of carbonyl (C=O) groups excluding carboxylic acids is 1. The van der Waals surface area contributed by atoms with Crippen LogP contribution in [0.4, 0.5) is 0 Å². The SMILES string of the molecule is CCC[C@@H]1CN(S(C)(=O)=O)C[C@H]1NC(=O)Cn1cnnn1. The van der Waals surface area contributed by atoms with Crippen molar-refractivity contribution in [3.05, 3.63) is 6.33 Å². The zero-order valence-corrected chi connectivity index (χ0v) is 13.0. The van der Waals surface area contributed by atoms with Crippen LogP contribution in [-0.4, -0.2) is 64.2 Å². The number of nitrogens with zero attached hydrogens (tertiary/aromatic N) is 5. The van der Waals surface area contributed by atoms with Crippen LogP contribution < -0.4 is 5.32 Å². The highest BCUT2D eigenvalue weighted by Crippen LogP contribution is 2.23. The van der Waals surface area contributed by atoms with Crippen molar-refractivity contribution in [2.45, 2.75) is 32.4 Å². The number of carbonyl (C=O) groups is 1. The Morgan fingerprint density at radius 3 is 2.76 bits per heavy atom. The molecule has 10 heteroatoms. The molecule has 1 aliphatic heterocycles. The number of sulfonamides is 1. The third kappa shape index (κ3) is 4.21. The van der Waals surface area contributed by atoms with Gasteiger partial charge < -0.3 is 5.32 Å². The van der Waals surface area contributed by atoms with Crippen molar-refractivity contribution in [2.24, 2.45) is 5.92 Å². The molecule has 0 spiro atoms. The van der Waals surface area contributed by atoms with Gasteiger partial charge in [0.2, 0.25) is 15.9 Å². The number of amides is 1. The lowest BCUT2D eigenvalue weighted by Gasteiger charge is -2.19. The molecule has 1 aromatic heterocycles. The van der Waals surface area contributed by atoms with Gasteiger partial charge in [-0.3, -0.25) is 4.79 Å². The zero-order valence-electron chi connectivity index (χ0n) is 12.1. The summed E-state index contributed by atoms with van der Waals surface area (Å²) in [5.41, 5.74) is 0. The van der Waals surface area contributed by atoms with E-state index in [4.69, 9.17) is 0 Å². The molecule has 0 radical (unpaired) electrons. The highest BCUT2D eigenvalue weighted by atomic mass is 32.2. The van der Waals surface area contributed by atoms with Crippen LogP contribution in [0.3, 0.4) is 0 Å². The molecule has 0 aliphatic carbocycles. The number of aromatic nitrogens is 4. The van der Waals surface area contributed by atoms with E-state index in [9.17, 15) is 13.2 Å². The van der Waals surface area contributed by atoms with Crippen LogP contribution in [0.1, 0.15) is 19.8 Å². The monoisotopic (exact) mass is 316 g/mol. The summed E-state index contributed by atoms with van der Waals surface area (Å²) in [6, 6.07) is -0.163. The number of rotatable bonds is 6. The van der Waals surface area contributed by atoms with Crippen LogP contribution in [0.2, 0.25) is 0 Å². The smallest absolute Gasteiger partial charge is 0.242 e. The number of hydrogen-bond acceptors (Lipinski definition) is 6. The average molecular weight is 316 g/mol. The fourth-order valence-corrected chi connectivity index (χ4v) is 3.48. The van der Waals surface area contributed by atoms with Gasteiger partial charge in [0.15, 0.2) is 0 Å². The van der Waals surface area contributed by atoms with Gasteiger partial charge in [-0.1, -0.05) is 13.3 Å². The summed E-state index contributed by atoms with van der Waals surface area (Å²) in [4.78, 5) is 12.0. The first kappa shape index (κ1) is 15.8. The van der Waals surface area contributed by atoms with Crippen LogP contribution in [0, 0.1) is 5.92 Å². The van der Waals surface area contributed by atoms with Crippen LogP contribution >= 0.6 is 0 Å². The molecule has 2 atom stereocenters. The molecule has 1 aliphatic rings. The van der Waals surface area contributed by atoms with Crippen molar-refractivity contribution in [1.82, 2.24) is 29.8 Å². The number of hydrogen-bond donors (Lipinski definition) is 1. The maximum atomic E-state index is 12.0. The molecule has 1 fully saturated rings. The lowest BCUT2D eigenvalue weighted by Crippen LogP contribution is -2.42. The van der Waals surface area contributed by atoms with E-state index in [1.165, 1.54) is 21.6 Å². The van der Waals surface area contributed by atoms with Gasteiger partial charge in [-0.15, -0.1) is 5.10 Å². The van der Waals surface area contributed by atoms with Gasteiger partial charge >= 0.3 is 0 Å². The second-order valence-electron chi connectivity index (χ2n) is 5.31. The minimum Gasteiger partial charge on any atom is -0.350 e. The van der Waals surface area contributed by atoms with E-state index < -0.39 is 10.0 Å². The van der Waals surface area contributed by atoms with Crippen molar-refractivity contribution >= 4 is 15.9 Å². The van der Waals surface area contributed by atoms with Crippen LogP contribution in [0.25, 0.3) is 0 Å². The highest BCUT2D eigenvalue weighted by molar-refractivity contribution is 7.88. The topological polar surface area (TPSA) is 110 Å². The number of nitrogens with one attached hydrogen (secondary N) is 1. The van der Waals surface area contributed by atoms with Crippen LogP contribution in [0.15, 0.2) is 6.33 Å². The first-order valence-corrected chi connectivity index (χ1v) is 8.70. The lowest BCUT2D eigenvalue weighted by molar-refractivity contribution is -0.122. The second-order valence-corrected chi connectivity index (χ2v) is 7.29. The summed E-state index contributed by atoms with van der Waals surface area (Å²) >= 11 is 0. The summed E-state index contributed by atoms with van der Waals surface area (Å²) in [5, 5.41) is 13.4. The van der Waals surface area contributed by atoms with Gasteiger partial charge in [-0.2, -0.15) is 4.31 Å². The van der Waals surface area contributed by atoms with Gasteiger partial charge in [0.1, 0.15) is 12.9 Å². The van der Waals surface area contributed by atoms with E-state index in [0.29, 0.717) is 13.1 Å². The first-order chi connectivity index (χ1) is 9.90. The average Bonchev–Trinajstić information content (AvgIpc) is 2.99. The summed E-state index contributed by atoms with van der Waals surface area (Å²) < 4.78 is 26.1. The van der Waals surface area contributed by atoms with Crippen molar-refractivity contribution in [3.63, 3.8) is 0 Å². The number of tetrazole rings is 1. The summed E-state index contributed by atoms with van der Waals surface area (Å²) in [6.45, 7) is 2.86. The standard InChI is InChI=1S/C11H20N6O3S/c1-3-4-9-5-17(21(2,19)20)6-10(9)13-11(18)7-16-8-12-14-15-16/h8-10H,3-7H2,1-2H3,(H,13,18)/t9-,10-/m1/s1. The predicted octanol–water partition coefficient (Wildman–Crippen LogP) is -1.15. The summed E-state index contributed by atoms with van der Waals surface area (Å²) in [6.07, 6.45) is 4.38. The van der Waals surface area contributed by atoms with E-state index in [0.717, 1.165) is 12.8 Å². The Kier molecular flexibility index (Phi) is 4.88. The van der Waals surface area contributed by atoms with Gasteiger partial charge in [-0.05, 0) is 22.8 Å². The third-order valence-corrected chi connectivity index (χ3v) is 4.82. The van der Waals surface area contributed by atoms with Crippen molar-refractivity contribution in [2.75, 3.05) is 19.3 Å². The molecule has 21 heavy (non-hydrogen) atoms. The van der Waals surface area contributed by atoms with Gasteiger partial charge in [0.05, 0.1) is 6.26 Å². The molecule has 0 saturated carbocycles. The van der Waals surface area contributed by atoms with Crippen molar-refractivity contribution in [1.29, 1.82) is 0 Å². The second kappa shape index (κ2) is 6.48. The van der Waals surface area contributed by atoms with E-state index in [1.807, 2.05) is 6.92 Å². The molecule has 9 nitrogen and oxygen atoms in total. The molecule has 1 aromatic rings. The Morgan fingerprint density at radius 1 is 1.43 bits per heavy atom. The van der Waals surface area contributed by atoms with Gasteiger partial charge in [-0.25, -0.2) is 13.1 Å². The van der Waals surface area contributed by atoms with Gasteiger partial charge in [0, 0.05) is 19.1 Å². The van der Waals surface area contributed by atoms with E-state index in [1.54, 1.807) is 0 Å². The lowest BCUT2D eigenvalue weighted by atomic mass is 9.98. The summed E-state index contributed by atoms with van der Waals surface area (Å²) in [7, 11) is -3.23. The zero-order chi connectivity index (χ0) is 15.5. The Balaban J connectivity index is 1.97. The maximum Gasteiger partial charge on any atom is 0.242 e. The molecular formula is C11H20N6O3S. The molecule has 118 valence electrons. The van der Waals surface area contributed by atoms with E-state index in [2.05, 4.69) is 20.8 Å². The molecule has 0 aromatic carbocycles. The molecule has 0 bridgehead atoms. The minimum atomic E-state index is -3.23. The summed E-state index contributed by atoms with van der Waals surface area (Å²) in [5.74, 6) is -0.0775. The first-order valence-electron chi connectivity index (χ1n) is 6.85. The largest absolute Gasteiger partial charge is 0.350 e. The molecule has 1 saturated heterocycles. The van der Waals surface area contributed by atoms with Crippen molar-refractivity contribution in [3.8, 4) is 0 Å². The fraction of sp³-hybridized carbons (Fsp3) is 0.818. The molecule has 1 amide bonds. The Labute approximate surface area is 123 Å². The van der Waals surface area contributed by atoms with E-state index in [-0.39, 0.29) is 24.4 Å². The Morgan fingerprint density at radius 2 is 2.19 bits per heavy atom. The molecule has 1 N–H and O–H groups in total. The maximum absolute atomic E-state index is 12.0. The van der Waals surface area contributed by atoms with Crippen LogP contribution in [-0.2, 0) is 21.4 Å². The normalized spacial score (nSPS) is 23.3. The van der Waals surface area contributed by atoms with Crippen LogP contribution in [0.5, 0.6) is 0 Å². The van der Waals surface area contributed by atoms with E-state index >= 15 is 0 Å². The van der Waals surface area contributed by atoms with Gasteiger partial charge in [0.25, 0.3) is 0 Å². The molecular weight excluding hydrogens is 296 g/mol. The van der Waals surface area contributed by atoms with Crippen molar-refractivity contribution < 1.29 is 13.2 Å². The molecule has 2 heterocycles. The predicted molar refractivity (Wildman–Crippen MR) is 74.6 cm³/mol. The molecule has 2 rings (SSSR count). The Hall–Kier alpha value is -1.55. The fourth-order valence-electron chi connectivity index (χ4n) is 2.58. The third-order valence-electron chi connectivity index (χ3n) is 3.58. The molecule has 0 unspecified atom stereocenters. The minimum absolute atomic E-state index is 0.0290.